The maximum absolute atomic E-state index is 11.9. The fourth-order valence-electron chi connectivity index (χ4n) is 2.52. The van der Waals surface area contributed by atoms with Gasteiger partial charge in [-0.3, -0.25) is 9.78 Å². The van der Waals surface area contributed by atoms with Gasteiger partial charge in [0, 0.05) is 11.8 Å². The van der Waals surface area contributed by atoms with E-state index in [0.29, 0.717) is 11.6 Å². The number of fused-ring (bicyclic) bond motifs is 1. The molecule has 3 rings (SSSR count). The van der Waals surface area contributed by atoms with E-state index >= 15 is 0 Å². The second-order valence-electron chi connectivity index (χ2n) is 5.79. The maximum atomic E-state index is 11.9. The number of aryl methyl sites for hydroxylation is 1. The molecule has 0 N–H and O–H groups in total. The molecule has 22 heavy (non-hydrogen) atoms. The zero-order valence-electron chi connectivity index (χ0n) is 13.0. The van der Waals surface area contributed by atoms with Gasteiger partial charge in [-0.2, -0.15) is 0 Å². The molecule has 1 aromatic heterocycles. The van der Waals surface area contributed by atoms with E-state index in [0.717, 1.165) is 22.5 Å². The van der Waals surface area contributed by atoms with Crippen molar-refractivity contribution in [1.29, 1.82) is 0 Å². The highest BCUT2D eigenvalue weighted by molar-refractivity contribution is 6.23. The Hall–Kier alpha value is -2.55. The largest absolute Gasteiger partial charge is 0.288 e. The lowest BCUT2D eigenvalue weighted by molar-refractivity contribution is 0.104. The van der Waals surface area contributed by atoms with Gasteiger partial charge in [-0.25, -0.2) is 4.99 Å². The van der Waals surface area contributed by atoms with Gasteiger partial charge < -0.3 is 0 Å². The SMILES string of the molecule is Cc1cc(C(C)C)ccc1N=C1C=CC(=O)c2ncccc21. The zero-order valence-corrected chi connectivity index (χ0v) is 13.0. The van der Waals surface area contributed by atoms with Crippen molar-refractivity contribution in [1.82, 2.24) is 4.98 Å². The lowest BCUT2D eigenvalue weighted by atomic mass is 9.98. The van der Waals surface area contributed by atoms with Crippen molar-refractivity contribution in [2.75, 3.05) is 0 Å². The molecule has 0 saturated carbocycles. The van der Waals surface area contributed by atoms with Gasteiger partial charge in [0.15, 0.2) is 0 Å². The Morgan fingerprint density at radius 1 is 1.14 bits per heavy atom. The summed E-state index contributed by atoms with van der Waals surface area (Å²) in [5.41, 5.74) is 5.41. The normalized spacial score (nSPS) is 15.5. The number of nitrogens with zero attached hydrogens (tertiary/aromatic N) is 2. The van der Waals surface area contributed by atoms with Crippen molar-refractivity contribution in [2.45, 2.75) is 26.7 Å². The molecule has 0 saturated heterocycles. The van der Waals surface area contributed by atoms with Gasteiger partial charge in [-0.1, -0.05) is 26.0 Å². The predicted octanol–water partition coefficient (Wildman–Crippen LogP) is 4.39. The number of carbonyl (C=O) groups excluding carboxylic acids is 1. The van der Waals surface area contributed by atoms with Gasteiger partial charge >= 0.3 is 0 Å². The van der Waals surface area contributed by atoms with E-state index in [9.17, 15) is 4.79 Å². The third kappa shape index (κ3) is 2.62. The second-order valence-corrected chi connectivity index (χ2v) is 5.79. The van der Waals surface area contributed by atoms with E-state index in [1.807, 2.05) is 18.2 Å². The molecule has 0 radical (unpaired) electrons. The lowest BCUT2D eigenvalue weighted by Gasteiger charge is -2.12. The fraction of sp³-hybridized carbons (Fsp3) is 0.211. The number of hydrogen-bond donors (Lipinski definition) is 0. The van der Waals surface area contributed by atoms with Crippen LogP contribution in [0.4, 0.5) is 5.69 Å². The Labute approximate surface area is 130 Å². The highest BCUT2D eigenvalue weighted by Gasteiger charge is 2.18. The van der Waals surface area contributed by atoms with Crippen LogP contribution in [-0.2, 0) is 0 Å². The monoisotopic (exact) mass is 290 g/mol. The van der Waals surface area contributed by atoms with Gasteiger partial charge in [-0.05, 0) is 54.3 Å². The van der Waals surface area contributed by atoms with Crippen molar-refractivity contribution in [3.8, 4) is 0 Å². The Kier molecular flexibility index (Phi) is 3.72. The molecule has 0 aliphatic heterocycles. The Bertz CT molecular complexity index is 801. The van der Waals surface area contributed by atoms with E-state index < -0.39 is 0 Å². The molecule has 1 aromatic carbocycles. The van der Waals surface area contributed by atoms with E-state index in [-0.39, 0.29) is 5.78 Å². The first-order valence-electron chi connectivity index (χ1n) is 7.43. The molecule has 0 spiro atoms. The molecule has 1 heterocycles. The molecule has 3 heteroatoms. The number of pyridine rings is 1. The third-order valence-electron chi connectivity index (χ3n) is 3.84. The van der Waals surface area contributed by atoms with Crippen molar-refractivity contribution < 1.29 is 4.79 Å². The van der Waals surface area contributed by atoms with Gasteiger partial charge in [0.1, 0.15) is 5.69 Å². The third-order valence-corrected chi connectivity index (χ3v) is 3.84. The summed E-state index contributed by atoms with van der Waals surface area (Å²) in [5, 5.41) is 0. The highest BCUT2D eigenvalue weighted by Crippen LogP contribution is 2.26. The Morgan fingerprint density at radius 3 is 2.68 bits per heavy atom. The Balaban J connectivity index is 2.06. The molecule has 1 aliphatic carbocycles. The number of aliphatic imine (C=N–C) groups is 1. The first kappa shape index (κ1) is 14.4. The standard InChI is InChI=1S/C19H18N2O/c1-12(2)14-6-7-16(13(3)11-14)21-17-8-9-18(22)19-15(17)5-4-10-20-19/h4-12H,1-3H3. The summed E-state index contributed by atoms with van der Waals surface area (Å²) in [4.78, 5) is 20.8. The quantitative estimate of drug-likeness (QED) is 0.823. The molecule has 2 aromatic rings. The van der Waals surface area contributed by atoms with Crippen LogP contribution in [0.5, 0.6) is 0 Å². The van der Waals surface area contributed by atoms with E-state index in [1.54, 1.807) is 12.3 Å². The summed E-state index contributed by atoms with van der Waals surface area (Å²) in [5.74, 6) is 0.430. The number of hydrogen-bond acceptors (Lipinski definition) is 3. The summed E-state index contributed by atoms with van der Waals surface area (Å²) in [6, 6.07) is 10.0. The summed E-state index contributed by atoms with van der Waals surface area (Å²) < 4.78 is 0. The average Bonchev–Trinajstić information content (AvgIpc) is 2.52. The van der Waals surface area contributed by atoms with Crippen LogP contribution in [0.3, 0.4) is 0 Å². The fourth-order valence-corrected chi connectivity index (χ4v) is 2.52. The Morgan fingerprint density at radius 2 is 1.95 bits per heavy atom. The first-order chi connectivity index (χ1) is 10.6. The zero-order chi connectivity index (χ0) is 15.7. The minimum Gasteiger partial charge on any atom is -0.288 e. The van der Waals surface area contributed by atoms with Crippen LogP contribution in [-0.4, -0.2) is 16.5 Å². The molecule has 1 aliphatic rings. The second kappa shape index (κ2) is 5.68. The smallest absolute Gasteiger partial charge is 0.204 e. The minimum atomic E-state index is -0.0681. The van der Waals surface area contributed by atoms with Gasteiger partial charge in [-0.15, -0.1) is 0 Å². The van der Waals surface area contributed by atoms with Crippen molar-refractivity contribution in [2.24, 2.45) is 4.99 Å². The van der Waals surface area contributed by atoms with Gasteiger partial charge in [0.05, 0.1) is 11.4 Å². The molecular weight excluding hydrogens is 272 g/mol. The average molecular weight is 290 g/mol. The molecule has 110 valence electrons. The van der Waals surface area contributed by atoms with E-state index in [4.69, 9.17) is 4.99 Å². The van der Waals surface area contributed by atoms with Crippen LogP contribution in [0.25, 0.3) is 0 Å². The minimum absolute atomic E-state index is 0.0681. The molecule has 0 unspecified atom stereocenters. The van der Waals surface area contributed by atoms with Crippen molar-refractivity contribution >= 4 is 17.2 Å². The topological polar surface area (TPSA) is 42.3 Å². The van der Waals surface area contributed by atoms with Crippen molar-refractivity contribution in [3.05, 3.63) is 71.1 Å². The van der Waals surface area contributed by atoms with Crippen LogP contribution in [0, 0.1) is 6.92 Å². The maximum Gasteiger partial charge on any atom is 0.204 e. The highest BCUT2D eigenvalue weighted by atomic mass is 16.1. The molecule has 0 bridgehead atoms. The number of carbonyl (C=O) groups is 1. The van der Waals surface area contributed by atoms with E-state index in [1.165, 1.54) is 11.6 Å². The number of ketones is 1. The lowest BCUT2D eigenvalue weighted by Crippen LogP contribution is -2.13. The number of benzene rings is 1. The molecule has 0 amide bonds. The van der Waals surface area contributed by atoms with Crippen molar-refractivity contribution in [3.63, 3.8) is 0 Å². The molecule has 0 atom stereocenters. The van der Waals surface area contributed by atoms with Crippen LogP contribution in [0.2, 0.25) is 0 Å². The summed E-state index contributed by atoms with van der Waals surface area (Å²) >= 11 is 0. The van der Waals surface area contributed by atoms with Crippen LogP contribution < -0.4 is 0 Å². The van der Waals surface area contributed by atoms with Crippen LogP contribution in [0.1, 0.15) is 46.9 Å². The predicted molar refractivity (Wildman–Crippen MR) is 89.2 cm³/mol. The number of allylic oxidation sites excluding steroid dienone is 2. The van der Waals surface area contributed by atoms with Gasteiger partial charge in [0.2, 0.25) is 5.78 Å². The summed E-state index contributed by atoms with van der Waals surface area (Å²) in [6.07, 6.45) is 4.93. The summed E-state index contributed by atoms with van der Waals surface area (Å²) in [7, 11) is 0. The summed E-state index contributed by atoms with van der Waals surface area (Å²) in [6.45, 7) is 6.42. The van der Waals surface area contributed by atoms with Crippen LogP contribution >= 0.6 is 0 Å². The molecule has 0 fully saturated rings. The van der Waals surface area contributed by atoms with Gasteiger partial charge in [0.25, 0.3) is 0 Å². The number of rotatable bonds is 2. The molecular formula is C19H18N2O. The molecule has 3 nitrogen and oxygen atoms in total. The number of aromatic nitrogens is 1. The van der Waals surface area contributed by atoms with E-state index in [2.05, 4.69) is 37.9 Å². The van der Waals surface area contributed by atoms with Crippen LogP contribution in [0.15, 0.2) is 53.7 Å². The first-order valence-corrected chi connectivity index (χ1v) is 7.43.